The molecule has 0 N–H and O–H groups in total. The predicted molar refractivity (Wildman–Crippen MR) is 157 cm³/mol. The van der Waals surface area contributed by atoms with E-state index in [2.05, 4.69) is 12.1 Å². The van der Waals surface area contributed by atoms with Crippen LogP contribution in [0.15, 0.2) is 108 Å². The molecule has 0 aliphatic rings. The lowest BCUT2D eigenvalue weighted by molar-refractivity contribution is 0.0662. The minimum absolute atomic E-state index is 0.0735. The molecule has 39 heavy (non-hydrogen) atoms. The van der Waals surface area contributed by atoms with Crippen LogP contribution in [-0.2, 0) is 6.42 Å². The van der Waals surface area contributed by atoms with E-state index in [0.717, 1.165) is 22.4 Å². The van der Waals surface area contributed by atoms with Gasteiger partial charge >= 0.3 is 0 Å². The molecule has 1 heterocycles. The Hall–Kier alpha value is -4.51. The Labute approximate surface area is 229 Å². The first-order valence-corrected chi connectivity index (χ1v) is 13.5. The Kier molecular flexibility index (Phi) is 7.69. The van der Waals surface area contributed by atoms with Gasteiger partial charge < -0.3 is 4.90 Å². The molecule has 0 bridgehead atoms. The molecule has 1 atom stereocenters. The van der Waals surface area contributed by atoms with Crippen molar-refractivity contribution < 1.29 is 4.79 Å². The van der Waals surface area contributed by atoms with Gasteiger partial charge in [-0.1, -0.05) is 84.8 Å². The van der Waals surface area contributed by atoms with Crippen LogP contribution < -0.4 is 5.56 Å². The van der Waals surface area contributed by atoms with Gasteiger partial charge in [-0.15, -0.1) is 0 Å². The maximum absolute atomic E-state index is 14.1. The van der Waals surface area contributed by atoms with Gasteiger partial charge in [0.15, 0.2) is 0 Å². The minimum atomic E-state index is -0.416. The highest BCUT2D eigenvalue weighted by molar-refractivity contribution is 5.94. The molecule has 0 saturated carbocycles. The van der Waals surface area contributed by atoms with Crippen molar-refractivity contribution in [1.29, 1.82) is 0 Å². The quantitative estimate of drug-likeness (QED) is 0.227. The zero-order chi connectivity index (χ0) is 27.4. The van der Waals surface area contributed by atoms with Crippen molar-refractivity contribution in [2.45, 2.75) is 39.7 Å². The van der Waals surface area contributed by atoms with E-state index in [1.165, 1.54) is 0 Å². The average Bonchev–Trinajstić information content (AvgIpc) is 2.96. The first kappa shape index (κ1) is 26.1. The van der Waals surface area contributed by atoms with Crippen LogP contribution in [0, 0.1) is 13.8 Å². The fraction of sp³-hybridized carbons (Fsp3) is 0.206. The zero-order valence-electron chi connectivity index (χ0n) is 22.7. The number of carbonyl (C=O) groups is 1. The van der Waals surface area contributed by atoms with Crippen molar-refractivity contribution in [3.8, 4) is 5.69 Å². The molecule has 5 heteroatoms. The molecule has 0 fully saturated rings. The average molecular weight is 516 g/mol. The second kappa shape index (κ2) is 11.5. The van der Waals surface area contributed by atoms with Crippen LogP contribution in [0.2, 0.25) is 0 Å². The monoisotopic (exact) mass is 515 g/mol. The lowest BCUT2D eigenvalue weighted by atomic mass is 10.0. The summed E-state index contributed by atoms with van der Waals surface area (Å²) in [4.78, 5) is 35.0. The number of rotatable bonds is 8. The van der Waals surface area contributed by atoms with Gasteiger partial charge in [-0.05, 0) is 68.7 Å². The van der Waals surface area contributed by atoms with E-state index < -0.39 is 6.04 Å². The standard InChI is InChI=1S/C34H33N3O2/c1-4-31(36(23-22-26-10-6-5-7-11-26)33(38)27-18-14-24(2)15-19-27)32-35-30-13-9-8-12-29(30)34(39)37(32)28-20-16-25(3)17-21-28/h5-21,31H,4,22-23H2,1-3H3. The Bertz CT molecular complexity index is 1640. The minimum Gasteiger partial charge on any atom is -0.328 e. The van der Waals surface area contributed by atoms with E-state index in [4.69, 9.17) is 4.98 Å². The number of amides is 1. The molecule has 1 amide bonds. The van der Waals surface area contributed by atoms with Crippen LogP contribution in [-0.4, -0.2) is 26.9 Å². The van der Waals surface area contributed by atoms with E-state index in [9.17, 15) is 9.59 Å². The van der Waals surface area contributed by atoms with Gasteiger partial charge in [0.05, 0.1) is 22.6 Å². The van der Waals surface area contributed by atoms with Crippen LogP contribution in [0.1, 0.15) is 52.3 Å². The fourth-order valence-corrected chi connectivity index (χ4v) is 5.01. The second-order valence-electron chi connectivity index (χ2n) is 9.99. The zero-order valence-corrected chi connectivity index (χ0v) is 22.7. The predicted octanol–water partition coefficient (Wildman–Crippen LogP) is 6.84. The molecule has 4 aromatic carbocycles. The molecular formula is C34H33N3O2. The van der Waals surface area contributed by atoms with Gasteiger partial charge in [0.25, 0.3) is 11.5 Å². The Morgan fingerprint density at radius 3 is 2.10 bits per heavy atom. The summed E-state index contributed by atoms with van der Waals surface area (Å²) in [5, 5.41) is 0.553. The molecule has 5 nitrogen and oxygen atoms in total. The van der Waals surface area contributed by atoms with Crippen molar-refractivity contribution in [3.05, 3.63) is 142 Å². The lowest BCUT2D eigenvalue weighted by Gasteiger charge is -2.32. The van der Waals surface area contributed by atoms with Crippen molar-refractivity contribution >= 4 is 16.8 Å². The molecule has 0 radical (unpaired) electrons. The first-order chi connectivity index (χ1) is 19.0. The summed E-state index contributed by atoms with van der Waals surface area (Å²) in [6, 6.07) is 32.7. The Balaban J connectivity index is 1.68. The molecule has 1 aromatic heterocycles. The van der Waals surface area contributed by atoms with Gasteiger partial charge in [0.2, 0.25) is 0 Å². The molecule has 0 saturated heterocycles. The fourth-order valence-electron chi connectivity index (χ4n) is 5.01. The molecule has 1 unspecified atom stereocenters. The first-order valence-electron chi connectivity index (χ1n) is 13.5. The Morgan fingerprint density at radius 1 is 0.821 bits per heavy atom. The molecule has 0 aliphatic carbocycles. The molecular weight excluding hydrogens is 482 g/mol. The lowest BCUT2D eigenvalue weighted by Crippen LogP contribution is -2.39. The highest BCUT2D eigenvalue weighted by atomic mass is 16.2. The third-order valence-electron chi connectivity index (χ3n) is 7.20. The number of fused-ring (bicyclic) bond motifs is 1. The van der Waals surface area contributed by atoms with E-state index in [1.807, 2.05) is 117 Å². The number of aromatic nitrogens is 2. The summed E-state index contributed by atoms with van der Waals surface area (Å²) in [5.41, 5.74) is 5.21. The number of carbonyl (C=O) groups excluding carboxylic acids is 1. The summed E-state index contributed by atoms with van der Waals surface area (Å²) in [5.74, 6) is 0.495. The summed E-state index contributed by atoms with van der Waals surface area (Å²) in [7, 11) is 0. The largest absolute Gasteiger partial charge is 0.328 e. The van der Waals surface area contributed by atoms with E-state index >= 15 is 0 Å². The van der Waals surface area contributed by atoms with Gasteiger partial charge in [0.1, 0.15) is 5.82 Å². The van der Waals surface area contributed by atoms with E-state index in [-0.39, 0.29) is 11.5 Å². The summed E-state index contributed by atoms with van der Waals surface area (Å²) in [6.45, 7) is 6.57. The maximum atomic E-state index is 14.1. The van der Waals surface area contributed by atoms with Crippen molar-refractivity contribution in [3.63, 3.8) is 0 Å². The third kappa shape index (κ3) is 5.53. The number of para-hydroxylation sites is 1. The van der Waals surface area contributed by atoms with Crippen LogP contribution >= 0.6 is 0 Å². The number of hydrogen-bond acceptors (Lipinski definition) is 3. The number of benzene rings is 4. The van der Waals surface area contributed by atoms with Crippen LogP contribution in [0.4, 0.5) is 0 Å². The molecule has 5 rings (SSSR count). The SMILES string of the molecule is CCC(c1nc2ccccc2c(=O)n1-c1ccc(C)cc1)N(CCc1ccccc1)C(=O)c1ccc(C)cc1. The smallest absolute Gasteiger partial charge is 0.266 e. The van der Waals surface area contributed by atoms with Crippen molar-refractivity contribution in [2.24, 2.45) is 0 Å². The normalized spacial score (nSPS) is 11.9. The number of nitrogens with zero attached hydrogens (tertiary/aromatic N) is 3. The van der Waals surface area contributed by atoms with Crippen LogP contribution in [0.3, 0.4) is 0 Å². The van der Waals surface area contributed by atoms with E-state index in [0.29, 0.717) is 41.7 Å². The molecule has 5 aromatic rings. The van der Waals surface area contributed by atoms with Crippen molar-refractivity contribution in [2.75, 3.05) is 6.54 Å². The van der Waals surface area contributed by atoms with Crippen molar-refractivity contribution in [1.82, 2.24) is 14.5 Å². The molecule has 0 spiro atoms. The number of hydrogen-bond donors (Lipinski definition) is 0. The summed E-state index contributed by atoms with van der Waals surface area (Å²) >= 11 is 0. The third-order valence-corrected chi connectivity index (χ3v) is 7.20. The summed E-state index contributed by atoms with van der Waals surface area (Å²) in [6.07, 6.45) is 1.29. The maximum Gasteiger partial charge on any atom is 0.266 e. The van der Waals surface area contributed by atoms with E-state index in [1.54, 1.807) is 4.57 Å². The highest BCUT2D eigenvalue weighted by Gasteiger charge is 2.29. The molecule has 196 valence electrons. The van der Waals surface area contributed by atoms with Crippen LogP contribution in [0.5, 0.6) is 0 Å². The van der Waals surface area contributed by atoms with Gasteiger partial charge in [-0.2, -0.15) is 0 Å². The van der Waals surface area contributed by atoms with Crippen LogP contribution in [0.25, 0.3) is 16.6 Å². The Morgan fingerprint density at radius 2 is 1.44 bits per heavy atom. The topological polar surface area (TPSA) is 55.2 Å². The number of aryl methyl sites for hydroxylation is 2. The van der Waals surface area contributed by atoms with Gasteiger partial charge in [0, 0.05) is 12.1 Å². The van der Waals surface area contributed by atoms with Gasteiger partial charge in [-0.25, -0.2) is 4.98 Å². The highest BCUT2D eigenvalue weighted by Crippen LogP contribution is 2.28. The summed E-state index contributed by atoms with van der Waals surface area (Å²) < 4.78 is 1.69. The second-order valence-corrected chi connectivity index (χ2v) is 9.99. The van der Waals surface area contributed by atoms with Gasteiger partial charge in [-0.3, -0.25) is 14.2 Å². The molecule has 0 aliphatic heterocycles.